The third-order valence-electron chi connectivity index (χ3n) is 3.00. The van der Waals surface area contributed by atoms with Crippen molar-refractivity contribution in [1.29, 1.82) is 0 Å². The van der Waals surface area contributed by atoms with Crippen LogP contribution in [0.3, 0.4) is 0 Å². The predicted molar refractivity (Wildman–Crippen MR) is 91.4 cm³/mol. The Morgan fingerprint density at radius 1 is 1.04 bits per heavy atom. The Hall–Kier alpha value is -3.08. The number of rotatable bonds is 5. The quantitative estimate of drug-likeness (QED) is 0.833. The van der Waals surface area contributed by atoms with Gasteiger partial charge in [0, 0.05) is 18.7 Å². The molecular weight excluding hydrogens is 292 g/mol. The number of hydrogen-bond donors (Lipinski definition) is 2. The molecule has 2 rings (SSSR count). The van der Waals surface area contributed by atoms with Gasteiger partial charge in [-0.25, -0.2) is 0 Å². The van der Waals surface area contributed by atoms with Crippen molar-refractivity contribution in [2.24, 2.45) is 0 Å². The number of hydrogen-bond acceptors (Lipinski definition) is 3. The summed E-state index contributed by atoms with van der Waals surface area (Å²) in [6, 6.07) is 14.6. The zero-order valence-corrected chi connectivity index (χ0v) is 13.0. The molecule has 0 aliphatic carbocycles. The van der Waals surface area contributed by atoms with E-state index in [1.165, 1.54) is 20.1 Å². The second-order valence-corrected chi connectivity index (χ2v) is 4.83. The summed E-state index contributed by atoms with van der Waals surface area (Å²) in [4.78, 5) is 23.2. The molecule has 2 amide bonds. The van der Waals surface area contributed by atoms with Gasteiger partial charge in [0.25, 0.3) is 0 Å². The van der Waals surface area contributed by atoms with E-state index in [1.54, 1.807) is 24.3 Å². The van der Waals surface area contributed by atoms with Gasteiger partial charge >= 0.3 is 0 Å². The second kappa shape index (κ2) is 7.79. The van der Waals surface area contributed by atoms with Crippen molar-refractivity contribution in [2.75, 3.05) is 17.7 Å². The fourth-order valence-corrected chi connectivity index (χ4v) is 1.99. The normalized spacial score (nSPS) is 10.3. The van der Waals surface area contributed by atoms with E-state index in [0.29, 0.717) is 17.1 Å². The highest BCUT2D eigenvalue weighted by molar-refractivity contribution is 6.02. The number of ether oxygens (including phenoxy) is 1. The van der Waals surface area contributed by atoms with Gasteiger partial charge in [-0.15, -0.1) is 0 Å². The first kappa shape index (κ1) is 16.3. The monoisotopic (exact) mass is 310 g/mol. The van der Waals surface area contributed by atoms with Gasteiger partial charge in [-0.1, -0.05) is 30.3 Å². The molecule has 0 fully saturated rings. The summed E-state index contributed by atoms with van der Waals surface area (Å²) in [6.45, 7) is 1.41. The molecule has 0 saturated heterocycles. The summed E-state index contributed by atoms with van der Waals surface area (Å²) in [6.07, 6.45) is 3.19. The molecule has 0 atom stereocenters. The molecular formula is C18H18N2O3. The van der Waals surface area contributed by atoms with Crippen molar-refractivity contribution >= 4 is 29.3 Å². The molecule has 23 heavy (non-hydrogen) atoms. The molecule has 0 saturated carbocycles. The molecule has 0 radical (unpaired) electrons. The van der Waals surface area contributed by atoms with Crippen molar-refractivity contribution in [3.05, 3.63) is 60.2 Å². The van der Waals surface area contributed by atoms with Gasteiger partial charge in [-0.3, -0.25) is 9.59 Å². The number of carbonyl (C=O) groups excluding carboxylic acids is 2. The van der Waals surface area contributed by atoms with Crippen molar-refractivity contribution in [3.63, 3.8) is 0 Å². The standard InChI is InChI=1S/C18H18N2O3/c1-13(21)19-16-12-15(9-10-17(16)23-2)20-18(22)11-8-14-6-4-3-5-7-14/h3-12H,1-2H3,(H,19,21)(H,20,22). The number of benzene rings is 2. The van der Waals surface area contributed by atoms with Gasteiger partial charge < -0.3 is 15.4 Å². The van der Waals surface area contributed by atoms with E-state index in [2.05, 4.69) is 10.6 Å². The summed E-state index contributed by atoms with van der Waals surface area (Å²) in [5.41, 5.74) is 2.01. The minimum Gasteiger partial charge on any atom is -0.495 e. The summed E-state index contributed by atoms with van der Waals surface area (Å²) in [5.74, 6) is 0.0570. The number of carbonyl (C=O) groups is 2. The minimum absolute atomic E-state index is 0.212. The van der Waals surface area contributed by atoms with Crippen molar-refractivity contribution in [2.45, 2.75) is 6.92 Å². The van der Waals surface area contributed by atoms with E-state index in [9.17, 15) is 9.59 Å². The molecule has 0 aromatic heterocycles. The highest BCUT2D eigenvalue weighted by Gasteiger charge is 2.07. The van der Waals surface area contributed by atoms with E-state index in [-0.39, 0.29) is 11.8 Å². The van der Waals surface area contributed by atoms with E-state index in [1.807, 2.05) is 30.3 Å². The van der Waals surface area contributed by atoms with Gasteiger partial charge in [-0.05, 0) is 29.8 Å². The van der Waals surface area contributed by atoms with Gasteiger partial charge in [-0.2, -0.15) is 0 Å². The van der Waals surface area contributed by atoms with Gasteiger partial charge in [0.15, 0.2) is 0 Å². The van der Waals surface area contributed by atoms with Crippen molar-refractivity contribution in [1.82, 2.24) is 0 Å². The molecule has 0 unspecified atom stereocenters. The lowest BCUT2D eigenvalue weighted by molar-refractivity contribution is -0.114. The average molecular weight is 310 g/mol. The topological polar surface area (TPSA) is 67.4 Å². The zero-order valence-electron chi connectivity index (χ0n) is 13.0. The fourth-order valence-electron chi connectivity index (χ4n) is 1.99. The van der Waals surface area contributed by atoms with Gasteiger partial charge in [0.2, 0.25) is 11.8 Å². The first-order valence-electron chi connectivity index (χ1n) is 7.08. The van der Waals surface area contributed by atoms with Crippen LogP contribution in [0.1, 0.15) is 12.5 Å². The lowest BCUT2D eigenvalue weighted by Crippen LogP contribution is -2.10. The van der Waals surface area contributed by atoms with Crippen LogP contribution in [0.5, 0.6) is 5.75 Å². The predicted octanol–water partition coefficient (Wildman–Crippen LogP) is 3.31. The molecule has 0 aliphatic rings. The summed E-state index contributed by atoms with van der Waals surface area (Å²) in [7, 11) is 1.52. The lowest BCUT2D eigenvalue weighted by Gasteiger charge is -2.11. The smallest absolute Gasteiger partial charge is 0.248 e. The van der Waals surface area contributed by atoms with Crippen LogP contribution >= 0.6 is 0 Å². The Kier molecular flexibility index (Phi) is 5.52. The molecule has 2 aromatic rings. The van der Waals surface area contributed by atoms with E-state index < -0.39 is 0 Å². The Bertz CT molecular complexity index is 724. The third kappa shape index (κ3) is 5.00. The number of anilines is 2. The SMILES string of the molecule is COc1ccc(NC(=O)C=Cc2ccccc2)cc1NC(C)=O. The molecule has 118 valence electrons. The van der Waals surface area contributed by atoms with E-state index in [4.69, 9.17) is 4.74 Å². The molecule has 5 nitrogen and oxygen atoms in total. The van der Waals surface area contributed by atoms with Crippen LogP contribution in [0.15, 0.2) is 54.6 Å². The fraction of sp³-hybridized carbons (Fsp3) is 0.111. The minimum atomic E-state index is -0.257. The molecule has 0 spiro atoms. The highest BCUT2D eigenvalue weighted by Crippen LogP contribution is 2.27. The Labute approximate surface area is 135 Å². The van der Waals surface area contributed by atoms with Crippen LogP contribution in [0.25, 0.3) is 6.08 Å². The highest BCUT2D eigenvalue weighted by atomic mass is 16.5. The molecule has 2 aromatic carbocycles. The molecule has 0 heterocycles. The summed E-state index contributed by atoms with van der Waals surface area (Å²) >= 11 is 0. The maximum absolute atomic E-state index is 12.0. The number of nitrogens with one attached hydrogen (secondary N) is 2. The largest absolute Gasteiger partial charge is 0.495 e. The summed E-state index contributed by atoms with van der Waals surface area (Å²) in [5, 5.41) is 5.41. The molecule has 0 aliphatic heterocycles. The average Bonchev–Trinajstić information content (AvgIpc) is 2.54. The maximum Gasteiger partial charge on any atom is 0.248 e. The van der Waals surface area contributed by atoms with Crippen LogP contribution in [0.2, 0.25) is 0 Å². The first-order valence-corrected chi connectivity index (χ1v) is 7.08. The van der Waals surface area contributed by atoms with Gasteiger partial charge in [0.1, 0.15) is 5.75 Å². The first-order chi connectivity index (χ1) is 11.1. The zero-order chi connectivity index (χ0) is 16.7. The van der Waals surface area contributed by atoms with Crippen LogP contribution in [0, 0.1) is 0 Å². The van der Waals surface area contributed by atoms with Crippen LogP contribution in [-0.4, -0.2) is 18.9 Å². The molecule has 5 heteroatoms. The lowest BCUT2D eigenvalue weighted by atomic mass is 10.2. The van der Waals surface area contributed by atoms with Gasteiger partial charge in [0.05, 0.1) is 12.8 Å². The van der Waals surface area contributed by atoms with E-state index in [0.717, 1.165) is 5.56 Å². The number of amides is 2. The molecule has 2 N–H and O–H groups in total. The number of methoxy groups -OCH3 is 1. The van der Waals surface area contributed by atoms with Crippen molar-refractivity contribution in [3.8, 4) is 5.75 Å². The van der Waals surface area contributed by atoms with Crippen LogP contribution < -0.4 is 15.4 Å². The van der Waals surface area contributed by atoms with Crippen molar-refractivity contribution < 1.29 is 14.3 Å². The maximum atomic E-state index is 12.0. The Morgan fingerprint density at radius 2 is 1.78 bits per heavy atom. The Morgan fingerprint density at radius 3 is 2.43 bits per heavy atom. The second-order valence-electron chi connectivity index (χ2n) is 4.83. The summed E-state index contributed by atoms with van der Waals surface area (Å²) < 4.78 is 5.17. The van der Waals surface area contributed by atoms with Crippen LogP contribution in [-0.2, 0) is 9.59 Å². The van der Waals surface area contributed by atoms with Crippen LogP contribution in [0.4, 0.5) is 11.4 Å². The third-order valence-corrected chi connectivity index (χ3v) is 3.00. The molecule has 0 bridgehead atoms. The Balaban J connectivity index is 2.08. The van der Waals surface area contributed by atoms with E-state index >= 15 is 0 Å².